The van der Waals surface area contributed by atoms with Crippen molar-refractivity contribution >= 4 is 10.9 Å². The predicted octanol–water partition coefficient (Wildman–Crippen LogP) is 3.34. The number of H-pyrrole nitrogens is 1. The smallest absolute Gasteiger partial charge is 0.0928 e. The first-order chi connectivity index (χ1) is 11.8. The highest BCUT2D eigenvalue weighted by Crippen LogP contribution is 2.34. The lowest BCUT2D eigenvalue weighted by molar-refractivity contribution is 0.190. The minimum atomic E-state index is 0.540. The van der Waals surface area contributed by atoms with Gasteiger partial charge in [0.05, 0.1) is 11.2 Å². The maximum absolute atomic E-state index is 4.53. The molecule has 126 valence electrons. The van der Waals surface area contributed by atoms with Crippen molar-refractivity contribution in [2.24, 2.45) is 0 Å². The maximum Gasteiger partial charge on any atom is 0.0928 e. The molecule has 3 aromatic rings. The molecule has 5 heteroatoms. The molecule has 0 spiro atoms. The largest absolute Gasteiger partial charge is 0.300 e. The Labute approximate surface area is 142 Å². The van der Waals surface area contributed by atoms with Gasteiger partial charge in [-0.05, 0) is 56.1 Å². The van der Waals surface area contributed by atoms with Gasteiger partial charge in [0.15, 0.2) is 0 Å². The highest BCUT2D eigenvalue weighted by Gasteiger charge is 2.28. The Morgan fingerprint density at radius 1 is 1.21 bits per heavy atom. The minimum Gasteiger partial charge on any atom is -0.300 e. The summed E-state index contributed by atoms with van der Waals surface area (Å²) in [5.74, 6) is 0. The van der Waals surface area contributed by atoms with E-state index in [4.69, 9.17) is 0 Å². The van der Waals surface area contributed by atoms with Crippen LogP contribution in [-0.2, 0) is 12.8 Å². The van der Waals surface area contributed by atoms with Crippen molar-refractivity contribution in [3.63, 3.8) is 0 Å². The molecule has 2 aromatic heterocycles. The fourth-order valence-electron chi connectivity index (χ4n) is 4.07. The Bertz CT molecular complexity index is 812. The quantitative estimate of drug-likeness (QED) is 0.757. The number of rotatable bonds is 6. The first kappa shape index (κ1) is 15.4. The minimum absolute atomic E-state index is 0.540. The summed E-state index contributed by atoms with van der Waals surface area (Å²) in [5.41, 5.74) is 4.93. The number of benzene rings is 1. The van der Waals surface area contributed by atoms with Gasteiger partial charge < -0.3 is 0 Å². The first-order valence-electron chi connectivity index (χ1n) is 9.04. The van der Waals surface area contributed by atoms with Crippen molar-refractivity contribution in [1.82, 2.24) is 24.9 Å². The second-order valence-electron chi connectivity index (χ2n) is 6.71. The van der Waals surface area contributed by atoms with Crippen molar-refractivity contribution < 1.29 is 0 Å². The third-order valence-corrected chi connectivity index (χ3v) is 5.05. The van der Waals surface area contributed by atoms with E-state index in [0.29, 0.717) is 6.04 Å². The number of nitrogens with zero attached hydrogens (tertiary/aromatic N) is 4. The van der Waals surface area contributed by atoms with E-state index in [1.165, 1.54) is 35.2 Å². The molecule has 0 aliphatic heterocycles. The van der Waals surface area contributed by atoms with E-state index in [1.54, 1.807) is 0 Å². The van der Waals surface area contributed by atoms with Gasteiger partial charge in [-0.1, -0.05) is 13.8 Å². The number of hydrogen-bond donors (Lipinski definition) is 1. The predicted molar refractivity (Wildman–Crippen MR) is 96.6 cm³/mol. The molecule has 0 saturated carbocycles. The molecule has 4 rings (SSSR count). The third kappa shape index (κ3) is 2.53. The van der Waals surface area contributed by atoms with Crippen LogP contribution in [0.2, 0.25) is 0 Å². The van der Waals surface area contributed by atoms with Gasteiger partial charge in [0.1, 0.15) is 0 Å². The average molecular weight is 323 g/mol. The summed E-state index contributed by atoms with van der Waals surface area (Å²) < 4.78 is 1.98. The summed E-state index contributed by atoms with van der Waals surface area (Å²) in [6.45, 7) is 6.86. The highest BCUT2D eigenvalue weighted by atomic mass is 15.3. The van der Waals surface area contributed by atoms with Gasteiger partial charge in [0.25, 0.3) is 0 Å². The van der Waals surface area contributed by atoms with Crippen molar-refractivity contribution in [3.8, 4) is 5.69 Å². The van der Waals surface area contributed by atoms with E-state index in [2.05, 4.69) is 46.2 Å². The van der Waals surface area contributed by atoms with Crippen LogP contribution in [0.4, 0.5) is 0 Å². The first-order valence-corrected chi connectivity index (χ1v) is 9.04. The van der Waals surface area contributed by atoms with E-state index in [9.17, 15) is 0 Å². The van der Waals surface area contributed by atoms with Crippen molar-refractivity contribution in [2.75, 3.05) is 13.1 Å². The average Bonchev–Trinajstić information content (AvgIpc) is 3.26. The van der Waals surface area contributed by atoms with Crippen LogP contribution in [0.3, 0.4) is 0 Å². The fraction of sp³-hybridized carbons (Fsp3) is 0.474. The van der Waals surface area contributed by atoms with Gasteiger partial charge in [0, 0.05) is 35.9 Å². The van der Waals surface area contributed by atoms with Crippen LogP contribution in [0.1, 0.15) is 37.9 Å². The van der Waals surface area contributed by atoms with Gasteiger partial charge in [-0.25, -0.2) is 4.68 Å². The topological polar surface area (TPSA) is 49.7 Å². The third-order valence-electron chi connectivity index (χ3n) is 5.05. The van der Waals surface area contributed by atoms with Crippen LogP contribution < -0.4 is 0 Å². The molecule has 1 aliphatic carbocycles. The van der Waals surface area contributed by atoms with Crippen LogP contribution in [0, 0.1) is 0 Å². The zero-order valence-electron chi connectivity index (χ0n) is 14.5. The molecule has 5 nitrogen and oxygen atoms in total. The zero-order valence-corrected chi connectivity index (χ0v) is 14.5. The van der Waals surface area contributed by atoms with Gasteiger partial charge in [-0.15, -0.1) is 0 Å². The molecule has 1 aliphatic rings. The van der Waals surface area contributed by atoms with E-state index < -0.39 is 0 Å². The molecule has 0 amide bonds. The van der Waals surface area contributed by atoms with Crippen LogP contribution >= 0.6 is 0 Å². The summed E-state index contributed by atoms with van der Waals surface area (Å²) in [4.78, 5) is 2.65. The van der Waals surface area contributed by atoms with E-state index in [-0.39, 0.29) is 0 Å². The van der Waals surface area contributed by atoms with E-state index >= 15 is 0 Å². The number of aromatic nitrogens is 4. The molecule has 0 bridgehead atoms. The normalized spacial score (nSPS) is 17.0. The molecule has 1 unspecified atom stereocenters. The second-order valence-corrected chi connectivity index (χ2v) is 6.71. The van der Waals surface area contributed by atoms with Crippen LogP contribution in [0.25, 0.3) is 16.6 Å². The summed E-state index contributed by atoms with van der Waals surface area (Å²) in [6.07, 6.45) is 8.39. The van der Waals surface area contributed by atoms with Crippen molar-refractivity contribution in [1.29, 1.82) is 0 Å². The molecule has 1 aromatic carbocycles. The van der Waals surface area contributed by atoms with E-state index in [1.807, 2.05) is 23.1 Å². The zero-order chi connectivity index (χ0) is 16.5. The van der Waals surface area contributed by atoms with Gasteiger partial charge in [0.2, 0.25) is 0 Å². The highest BCUT2D eigenvalue weighted by molar-refractivity contribution is 5.89. The Morgan fingerprint density at radius 2 is 2.04 bits per heavy atom. The Hall–Kier alpha value is -2.14. The second kappa shape index (κ2) is 6.40. The Balaban J connectivity index is 1.78. The maximum atomic E-state index is 4.53. The van der Waals surface area contributed by atoms with E-state index in [0.717, 1.165) is 31.4 Å². The summed E-state index contributed by atoms with van der Waals surface area (Å²) in [6, 6.07) is 6.78. The van der Waals surface area contributed by atoms with Crippen LogP contribution in [-0.4, -0.2) is 44.0 Å². The lowest BCUT2D eigenvalue weighted by atomic mass is 9.88. The molecular formula is C19H25N5. The van der Waals surface area contributed by atoms with Crippen LogP contribution in [0.5, 0.6) is 0 Å². The molecular weight excluding hydrogens is 298 g/mol. The lowest BCUT2D eigenvalue weighted by Gasteiger charge is -2.34. The lowest BCUT2D eigenvalue weighted by Crippen LogP contribution is -2.41. The Kier molecular flexibility index (Phi) is 4.10. The van der Waals surface area contributed by atoms with Gasteiger partial charge in [-0.2, -0.15) is 10.2 Å². The van der Waals surface area contributed by atoms with Crippen molar-refractivity contribution in [2.45, 2.75) is 45.6 Å². The molecule has 2 heterocycles. The number of aromatic amines is 1. The number of hydrogen-bond acceptors (Lipinski definition) is 3. The summed E-state index contributed by atoms with van der Waals surface area (Å²) in [5, 5.41) is 13.6. The van der Waals surface area contributed by atoms with Gasteiger partial charge in [-0.3, -0.25) is 10.00 Å². The summed E-state index contributed by atoms with van der Waals surface area (Å²) in [7, 11) is 0. The van der Waals surface area contributed by atoms with Gasteiger partial charge >= 0.3 is 0 Å². The number of nitrogens with one attached hydrogen (secondary N) is 1. The Morgan fingerprint density at radius 3 is 2.75 bits per heavy atom. The molecule has 1 atom stereocenters. The standard InChI is InChI=1S/C19H25N5/c1-3-9-23(10-4-2)14-12-15-18(24-11-5-8-20-24)7-6-16-19(15)17(13-14)22-21-16/h5-8,11,14H,3-4,9-10,12-13H2,1-2H3,(H,21,22). The molecule has 0 saturated heterocycles. The molecule has 0 radical (unpaired) electrons. The van der Waals surface area contributed by atoms with Crippen molar-refractivity contribution in [3.05, 3.63) is 41.9 Å². The fourth-order valence-corrected chi connectivity index (χ4v) is 4.07. The monoisotopic (exact) mass is 323 g/mol. The molecule has 0 fully saturated rings. The molecule has 1 N–H and O–H groups in total. The van der Waals surface area contributed by atoms with Crippen LogP contribution in [0.15, 0.2) is 30.6 Å². The molecule has 24 heavy (non-hydrogen) atoms. The SMILES string of the molecule is CCCN(CCC)C1Cc2[nH]nc3ccc(-n4cccn4)c(c23)C1. The summed E-state index contributed by atoms with van der Waals surface area (Å²) >= 11 is 0.